The van der Waals surface area contributed by atoms with E-state index in [0.717, 1.165) is 0 Å². The van der Waals surface area contributed by atoms with Gasteiger partial charge in [0.25, 0.3) is 0 Å². The van der Waals surface area contributed by atoms with Gasteiger partial charge in [0.15, 0.2) is 0 Å². The molecular formula is C12H14O7. The molecule has 1 atom stereocenters. The van der Waals surface area contributed by atoms with E-state index in [-0.39, 0.29) is 12.2 Å². The molecule has 0 saturated heterocycles. The Labute approximate surface area is 109 Å². The van der Waals surface area contributed by atoms with Crippen molar-refractivity contribution in [2.24, 2.45) is 0 Å². The molecule has 0 fully saturated rings. The van der Waals surface area contributed by atoms with Crippen LogP contribution in [-0.4, -0.2) is 31.9 Å². The van der Waals surface area contributed by atoms with Crippen molar-refractivity contribution < 1.29 is 33.9 Å². The molecule has 0 aliphatic carbocycles. The van der Waals surface area contributed by atoms with Gasteiger partial charge in [-0.15, -0.1) is 0 Å². The molecule has 19 heavy (non-hydrogen) atoms. The molecule has 7 nitrogen and oxygen atoms in total. The minimum atomic E-state index is -1.13. The van der Waals surface area contributed by atoms with Crippen molar-refractivity contribution >= 4 is 12.1 Å². The molecule has 0 aromatic heterocycles. The maximum atomic E-state index is 11.4. The highest BCUT2D eigenvalue weighted by atomic mass is 17.5. The van der Waals surface area contributed by atoms with Gasteiger partial charge in [-0.3, -0.25) is 4.89 Å². The molecule has 0 amide bonds. The largest absolute Gasteiger partial charge is 0.543 e. The zero-order chi connectivity index (χ0) is 14.1. The van der Waals surface area contributed by atoms with Gasteiger partial charge in [-0.2, -0.15) is 0 Å². The standard InChI is InChI=1S/C12H14O7/c1-9(8-15-2)16-12(14)18-19-17-11(13)10-6-4-3-5-7-10/h3-7,9H,8H2,1-2H3. The Morgan fingerprint density at radius 2 is 1.84 bits per heavy atom. The van der Waals surface area contributed by atoms with Gasteiger partial charge >= 0.3 is 12.1 Å². The van der Waals surface area contributed by atoms with Crippen LogP contribution in [0.2, 0.25) is 0 Å². The third-order valence-corrected chi connectivity index (χ3v) is 1.92. The van der Waals surface area contributed by atoms with Crippen LogP contribution in [0.1, 0.15) is 17.3 Å². The van der Waals surface area contributed by atoms with Gasteiger partial charge in [-0.05, 0) is 19.1 Å². The predicted molar refractivity (Wildman–Crippen MR) is 61.8 cm³/mol. The Balaban J connectivity index is 2.23. The Morgan fingerprint density at radius 3 is 2.47 bits per heavy atom. The van der Waals surface area contributed by atoms with Gasteiger partial charge in [-0.1, -0.05) is 18.2 Å². The lowest BCUT2D eigenvalue weighted by atomic mass is 10.2. The maximum absolute atomic E-state index is 11.4. The molecule has 0 bridgehead atoms. The van der Waals surface area contributed by atoms with Crippen molar-refractivity contribution in [1.82, 2.24) is 0 Å². The Bertz CT molecular complexity index is 404. The second kappa shape index (κ2) is 8.06. The van der Waals surface area contributed by atoms with E-state index in [1.807, 2.05) is 0 Å². The van der Waals surface area contributed by atoms with Gasteiger partial charge in [0, 0.05) is 7.11 Å². The Hall–Kier alpha value is -2.12. The highest BCUT2D eigenvalue weighted by Gasteiger charge is 2.14. The summed E-state index contributed by atoms with van der Waals surface area (Å²) in [5, 5.41) is 4.03. The summed E-state index contributed by atoms with van der Waals surface area (Å²) in [6.07, 6.45) is -1.64. The first-order valence-corrected chi connectivity index (χ1v) is 5.43. The van der Waals surface area contributed by atoms with Crippen molar-refractivity contribution in [3.05, 3.63) is 35.9 Å². The number of hydrogen-bond acceptors (Lipinski definition) is 7. The van der Waals surface area contributed by atoms with E-state index in [4.69, 9.17) is 4.74 Å². The van der Waals surface area contributed by atoms with E-state index in [9.17, 15) is 9.59 Å². The van der Waals surface area contributed by atoms with Crippen LogP contribution in [0, 0.1) is 0 Å². The number of methoxy groups -OCH3 is 1. The Kier molecular flexibility index (Phi) is 6.34. The van der Waals surface area contributed by atoms with Crippen molar-refractivity contribution in [3.63, 3.8) is 0 Å². The average Bonchev–Trinajstić information content (AvgIpc) is 2.39. The number of carbonyl (C=O) groups excluding carboxylic acids is 2. The summed E-state index contributed by atoms with van der Waals surface area (Å²) in [4.78, 5) is 30.7. The lowest BCUT2D eigenvalue weighted by molar-refractivity contribution is -0.453. The topological polar surface area (TPSA) is 80.3 Å². The predicted octanol–water partition coefficient (Wildman–Crippen LogP) is 1.88. The fraction of sp³-hybridized carbons (Fsp3) is 0.333. The number of hydrogen-bond donors (Lipinski definition) is 0. The molecule has 0 heterocycles. The smallest absolute Gasteiger partial charge is 0.427 e. The molecule has 0 N–H and O–H groups in total. The number of benzene rings is 1. The number of rotatable bonds is 6. The van der Waals surface area contributed by atoms with Crippen molar-refractivity contribution in [1.29, 1.82) is 0 Å². The summed E-state index contributed by atoms with van der Waals surface area (Å²) in [6.45, 7) is 1.81. The molecule has 0 radical (unpaired) electrons. The number of ether oxygens (including phenoxy) is 2. The van der Waals surface area contributed by atoms with Crippen LogP contribution in [0.25, 0.3) is 0 Å². The summed E-state index contributed by atoms with van der Waals surface area (Å²) >= 11 is 0. The van der Waals surface area contributed by atoms with Crippen LogP contribution in [-0.2, 0) is 24.3 Å². The van der Waals surface area contributed by atoms with E-state index in [0.29, 0.717) is 0 Å². The molecule has 0 spiro atoms. The van der Waals surface area contributed by atoms with E-state index >= 15 is 0 Å². The minimum absolute atomic E-state index is 0.207. The first-order valence-electron chi connectivity index (χ1n) is 5.43. The molecule has 1 rings (SSSR count). The number of carbonyl (C=O) groups is 2. The minimum Gasteiger partial charge on any atom is -0.427 e. The lowest BCUT2D eigenvalue weighted by Gasteiger charge is -2.10. The van der Waals surface area contributed by atoms with Crippen LogP contribution in [0.4, 0.5) is 4.79 Å². The first-order chi connectivity index (χ1) is 9.13. The Morgan fingerprint density at radius 1 is 1.16 bits per heavy atom. The van der Waals surface area contributed by atoms with Crippen molar-refractivity contribution in [3.8, 4) is 0 Å². The van der Waals surface area contributed by atoms with Crippen LogP contribution >= 0.6 is 0 Å². The molecule has 104 valence electrons. The summed E-state index contributed by atoms with van der Waals surface area (Å²) in [5.41, 5.74) is 0.257. The van der Waals surface area contributed by atoms with E-state index in [2.05, 4.69) is 19.6 Å². The van der Waals surface area contributed by atoms with Gasteiger partial charge in [0.1, 0.15) is 6.10 Å². The average molecular weight is 270 g/mol. The van der Waals surface area contributed by atoms with Crippen LogP contribution in [0.15, 0.2) is 30.3 Å². The molecule has 7 heteroatoms. The van der Waals surface area contributed by atoms with Crippen LogP contribution in [0.5, 0.6) is 0 Å². The normalized spacial score (nSPS) is 11.5. The quantitative estimate of drug-likeness (QED) is 0.443. The molecule has 0 saturated carbocycles. The van der Waals surface area contributed by atoms with E-state index < -0.39 is 18.2 Å². The summed E-state index contributed by atoms with van der Waals surface area (Å²) in [6, 6.07) is 8.08. The highest BCUT2D eigenvalue weighted by molar-refractivity contribution is 5.88. The fourth-order valence-electron chi connectivity index (χ4n) is 1.15. The summed E-state index contributed by atoms with van der Waals surface area (Å²) < 4.78 is 9.42. The third kappa shape index (κ3) is 5.84. The first kappa shape index (κ1) is 14.9. The zero-order valence-electron chi connectivity index (χ0n) is 10.5. The van der Waals surface area contributed by atoms with Crippen molar-refractivity contribution in [2.75, 3.05) is 13.7 Å². The van der Waals surface area contributed by atoms with Crippen LogP contribution in [0.3, 0.4) is 0 Å². The molecule has 1 aromatic carbocycles. The molecular weight excluding hydrogens is 256 g/mol. The summed E-state index contributed by atoms with van der Waals surface area (Å²) in [5.74, 6) is -0.793. The second-order valence-electron chi connectivity index (χ2n) is 3.52. The van der Waals surface area contributed by atoms with Gasteiger partial charge < -0.3 is 9.47 Å². The maximum Gasteiger partial charge on any atom is 0.543 e. The van der Waals surface area contributed by atoms with E-state index in [1.54, 1.807) is 25.1 Å². The molecule has 1 aromatic rings. The summed E-state index contributed by atoms with van der Waals surface area (Å²) in [7, 11) is 1.46. The van der Waals surface area contributed by atoms with Gasteiger partial charge in [-0.25, -0.2) is 14.5 Å². The lowest BCUT2D eigenvalue weighted by Crippen LogP contribution is -2.21. The second-order valence-corrected chi connectivity index (χ2v) is 3.52. The zero-order valence-corrected chi connectivity index (χ0v) is 10.5. The van der Waals surface area contributed by atoms with Gasteiger partial charge in [0.2, 0.25) is 0 Å². The fourth-order valence-corrected chi connectivity index (χ4v) is 1.15. The molecule has 0 aliphatic rings. The monoisotopic (exact) mass is 270 g/mol. The van der Waals surface area contributed by atoms with Crippen LogP contribution < -0.4 is 0 Å². The molecule has 0 aliphatic heterocycles. The van der Waals surface area contributed by atoms with Gasteiger partial charge in [0.05, 0.1) is 17.2 Å². The third-order valence-electron chi connectivity index (χ3n) is 1.92. The van der Waals surface area contributed by atoms with E-state index in [1.165, 1.54) is 19.2 Å². The van der Waals surface area contributed by atoms with Crippen molar-refractivity contribution in [2.45, 2.75) is 13.0 Å². The molecule has 1 unspecified atom stereocenters. The SMILES string of the molecule is COCC(C)OC(=O)OOOC(=O)c1ccccc1. The highest BCUT2D eigenvalue weighted by Crippen LogP contribution is 2.02.